The van der Waals surface area contributed by atoms with Crippen molar-refractivity contribution < 1.29 is 4.74 Å². The maximum Gasteiger partial charge on any atom is 0.0691 e. The molecule has 3 rings (SSSR count). The van der Waals surface area contributed by atoms with Crippen LogP contribution in [0.25, 0.3) is 0 Å². The summed E-state index contributed by atoms with van der Waals surface area (Å²) in [6.07, 6.45) is 5.67. The van der Waals surface area contributed by atoms with Crippen molar-refractivity contribution in [2.45, 2.75) is 51.2 Å². The Morgan fingerprint density at radius 3 is 2.65 bits per heavy atom. The largest absolute Gasteiger partial charge is 0.377 e. The van der Waals surface area contributed by atoms with Gasteiger partial charge in [-0.25, -0.2) is 0 Å². The smallest absolute Gasteiger partial charge is 0.0691 e. The average molecular weight is 238 g/mol. The van der Waals surface area contributed by atoms with Gasteiger partial charge in [0, 0.05) is 30.0 Å². The standard InChI is InChI=1S/C14H26N2O/c1-13(2)12-11(6-9-17-12)14(13,15)10-16-7-4-3-5-8-16/h11-12H,3-10,15H2,1-2H3. The van der Waals surface area contributed by atoms with Crippen LogP contribution in [0.3, 0.4) is 0 Å². The van der Waals surface area contributed by atoms with Crippen molar-refractivity contribution in [1.29, 1.82) is 0 Å². The van der Waals surface area contributed by atoms with Crippen LogP contribution >= 0.6 is 0 Å². The second kappa shape index (κ2) is 3.94. The summed E-state index contributed by atoms with van der Waals surface area (Å²) in [7, 11) is 0. The second-order valence-corrected chi connectivity index (χ2v) is 6.79. The van der Waals surface area contributed by atoms with Crippen LogP contribution in [0.5, 0.6) is 0 Å². The second-order valence-electron chi connectivity index (χ2n) is 6.79. The molecule has 0 aromatic carbocycles. The molecule has 0 bridgehead atoms. The molecule has 2 N–H and O–H groups in total. The first kappa shape index (κ1) is 11.9. The molecule has 3 heteroatoms. The van der Waals surface area contributed by atoms with Crippen molar-refractivity contribution in [3.05, 3.63) is 0 Å². The van der Waals surface area contributed by atoms with Crippen LogP contribution in [0.15, 0.2) is 0 Å². The van der Waals surface area contributed by atoms with E-state index < -0.39 is 0 Å². The molecule has 98 valence electrons. The van der Waals surface area contributed by atoms with Crippen molar-refractivity contribution in [1.82, 2.24) is 4.90 Å². The normalized spacial score (nSPS) is 45.4. The van der Waals surface area contributed by atoms with Gasteiger partial charge in [-0.3, -0.25) is 0 Å². The molecule has 3 aliphatic rings. The minimum absolute atomic E-state index is 0.0223. The Bertz CT molecular complexity index is 299. The molecule has 0 amide bonds. The van der Waals surface area contributed by atoms with E-state index >= 15 is 0 Å². The Labute approximate surface area is 105 Å². The zero-order valence-corrected chi connectivity index (χ0v) is 11.2. The van der Waals surface area contributed by atoms with E-state index in [0.29, 0.717) is 12.0 Å². The fourth-order valence-electron chi connectivity index (χ4n) is 4.28. The Balaban J connectivity index is 1.71. The van der Waals surface area contributed by atoms with Crippen molar-refractivity contribution in [2.24, 2.45) is 17.1 Å². The van der Waals surface area contributed by atoms with Crippen LogP contribution in [0.4, 0.5) is 0 Å². The maximum absolute atomic E-state index is 6.77. The van der Waals surface area contributed by atoms with Gasteiger partial charge >= 0.3 is 0 Å². The first-order valence-corrected chi connectivity index (χ1v) is 7.18. The number of likely N-dealkylation sites (tertiary alicyclic amines) is 1. The summed E-state index contributed by atoms with van der Waals surface area (Å²) >= 11 is 0. The zero-order chi connectivity index (χ0) is 12.1. The van der Waals surface area contributed by atoms with E-state index in [1.165, 1.54) is 38.8 Å². The molecule has 0 radical (unpaired) electrons. The fraction of sp³-hybridized carbons (Fsp3) is 1.00. The summed E-state index contributed by atoms with van der Waals surface area (Å²) in [5.41, 5.74) is 6.90. The molecule has 3 unspecified atom stereocenters. The van der Waals surface area contributed by atoms with Gasteiger partial charge in [-0.15, -0.1) is 0 Å². The summed E-state index contributed by atoms with van der Waals surface area (Å²) in [4.78, 5) is 2.58. The molecule has 0 aromatic rings. The molecule has 2 aliphatic heterocycles. The molecule has 17 heavy (non-hydrogen) atoms. The van der Waals surface area contributed by atoms with Gasteiger partial charge in [0.05, 0.1) is 6.10 Å². The Kier molecular flexibility index (Phi) is 2.77. The van der Waals surface area contributed by atoms with Crippen LogP contribution in [0.1, 0.15) is 39.5 Å². The Hall–Kier alpha value is -0.120. The number of ether oxygens (including phenoxy) is 1. The van der Waals surface area contributed by atoms with Crippen molar-refractivity contribution in [3.8, 4) is 0 Å². The minimum atomic E-state index is -0.0223. The van der Waals surface area contributed by atoms with E-state index in [1.54, 1.807) is 0 Å². The molecule has 1 aliphatic carbocycles. The van der Waals surface area contributed by atoms with Crippen LogP contribution in [0.2, 0.25) is 0 Å². The van der Waals surface area contributed by atoms with E-state index in [9.17, 15) is 0 Å². The highest BCUT2D eigenvalue weighted by Gasteiger charge is 2.67. The SMILES string of the molecule is CC1(C)C2OCCC2C1(N)CN1CCCCC1. The number of rotatable bonds is 2. The van der Waals surface area contributed by atoms with Gasteiger partial charge < -0.3 is 15.4 Å². The molecule has 2 heterocycles. The van der Waals surface area contributed by atoms with E-state index in [-0.39, 0.29) is 11.0 Å². The van der Waals surface area contributed by atoms with Gasteiger partial charge in [-0.05, 0) is 32.4 Å². The van der Waals surface area contributed by atoms with E-state index in [4.69, 9.17) is 10.5 Å². The molecule has 2 saturated heterocycles. The minimum Gasteiger partial charge on any atom is -0.377 e. The van der Waals surface area contributed by atoms with Crippen molar-refractivity contribution in [2.75, 3.05) is 26.2 Å². The monoisotopic (exact) mass is 238 g/mol. The Morgan fingerprint density at radius 1 is 1.24 bits per heavy atom. The maximum atomic E-state index is 6.77. The lowest BCUT2D eigenvalue weighted by molar-refractivity contribution is -0.163. The highest BCUT2D eigenvalue weighted by Crippen LogP contribution is 2.58. The first-order valence-electron chi connectivity index (χ1n) is 7.18. The third-order valence-electron chi connectivity index (χ3n) is 5.60. The Morgan fingerprint density at radius 2 is 1.94 bits per heavy atom. The van der Waals surface area contributed by atoms with Crippen LogP contribution in [-0.2, 0) is 4.74 Å². The molecule has 1 saturated carbocycles. The number of hydrogen-bond donors (Lipinski definition) is 1. The van der Waals surface area contributed by atoms with Crippen molar-refractivity contribution in [3.63, 3.8) is 0 Å². The molecular weight excluding hydrogens is 212 g/mol. The zero-order valence-electron chi connectivity index (χ0n) is 11.2. The van der Waals surface area contributed by atoms with Gasteiger partial charge in [0.15, 0.2) is 0 Å². The predicted octanol–water partition coefficient (Wildman–Crippen LogP) is 1.61. The van der Waals surface area contributed by atoms with Gasteiger partial charge in [-0.2, -0.15) is 0 Å². The molecule has 3 fully saturated rings. The quantitative estimate of drug-likeness (QED) is 0.794. The van der Waals surface area contributed by atoms with Gasteiger partial charge in [0.25, 0.3) is 0 Å². The average Bonchev–Trinajstić information content (AvgIpc) is 2.78. The summed E-state index contributed by atoms with van der Waals surface area (Å²) in [5.74, 6) is 0.597. The van der Waals surface area contributed by atoms with Crippen molar-refractivity contribution >= 4 is 0 Å². The van der Waals surface area contributed by atoms with E-state index in [1.807, 2.05) is 0 Å². The molecule has 3 nitrogen and oxygen atoms in total. The van der Waals surface area contributed by atoms with Crippen LogP contribution in [-0.4, -0.2) is 42.8 Å². The predicted molar refractivity (Wildman–Crippen MR) is 68.8 cm³/mol. The molecule has 3 atom stereocenters. The number of fused-ring (bicyclic) bond motifs is 1. The molecular formula is C14H26N2O. The van der Waals surface area contributed by atoms with E-state index in [2.05, 4.69) is 18.7 Å². The third-order valence-corrected chi connectivity index (χ3v) is 5.60. The fourth-order valence-corrected chi connectivity index (χ4v) is 4.28. The lowest BCUT2D eigenvalue weighted by Crippen LogP contribution is -2.78. The lowest BCUT2D eigenvalue weighted by Gasteiger charge is -2.63. The highest BCUT2D eigenvalue weighted by molar-refractivity contribution is 5.21. The number of nitrogens with two attached hydrogens (primary N) is 1. The number of hydrogen-bond acceptors (Lipinski definition) is 3. The molecule has 0 aromatic heterocycles. The third kappa shape index (κ3) is 1.59. The topological polar surface area (TPSA) is 38.5 Å². The summed E-state index contributed by atoms with van der Waals surface area (Å²) < 4.78 is 5.85. The summed E-state index contributed by atoms with van der Waals surface area (Å²) in [5, 5.41) is 0. The highest BCUT2D eigenvalue weighted by atomic mass is 16.5. The number of nitrogens with zero attached hydrogens (tertiary/aromatic N) is 1. The number of piperidine rings is 1. The summed E-state index contributed by atoms with van der Waals surface area (Å²) in [6.45, 7) is 9.07. The van der Waals surface area contributed by atoms with E-state index in [0.717, 1.165) is 13.2 Å². The summed E-state index contributed by atoms with van der Waals surface area (Å²) in [6, 6.07) is 0. The van der Waals surface area contributed by atoms with Crippen LogP contribution < -0.4 is 5.73 Å². The van der Waals surface area contributed by atoms with Gasteiger partial charge in [-0.1, -0.05) is 20.3 Å². The van der Waals surface area contributed by atoms with Gasteiger partial charge in [0.2, 0.25) is 0 Å². The molecule has 0 spiro atoms. The van der Waals surface area contributed by atoms with Crippen LogP contribution in [0, 0.1) is 11.3 Å². The van der Waals surface area contributed by atoms with Gasteiger partial charge in [0.1, 0.15) is 0 Å². The first-order chi connectivity index (χ1) is 8.06. The lowest BCUT2D eigenvalue weighted by atomic mass is 9.48.